The largest absolute Gasteiger partial charge is 2.00 e. The first kappa shape index (κ1) is 19.3. The van der Waals surface area contributed by atoms with Crippen LogP contribution in [0, 0.1) is 12.1 Å². The number of hydrogen-bond donors (Lipinski definition) is 0. The molecule has 0 unspecified atom stereocenters. The molecule has 0 bridgehead atoms. The molecule has 29 heavy (non-hydrogen) atoms. The monoisotopic (exact) mass is 554 g/mol. The van der Waals surface area contributed by atoms with Gasteiger partial charge in [-0.05, 0) is 24.6 Å². The van der Waals surface area contributed by atoms with E-state index in [1.807, 2.05) is 47.1 Å². The number of rotatable bonds is 4. The van der Waals surface area contributed by atoms with E-state index < -0.39 is 0 Å². The van der Waals surface area contributed by atoms with E-state index in [-0.39, 0.29) is 21.1 Å². The van der Waals surface area contributed by atoms with Crippen LogP contribution in [-0.4, -0.2) is 14.8 Å². The second-order valence-corrected chi connectivity index (χ2v) is 6.61. The molecule has 142 valence electrons. The summed E-state index contributed by atoms with van der Waals surface area (Å²) in [6.07, 6.45) is 2.50. The van der Waals surface area contributed by atoms with Gasteiger partial charge in [0.2, 0.25) is 0 Å². The van der Waals surface area contributed by atoms with Crippen LogP contribution in [0.2, 0.25) is 0 Å². The maximum absolute atomic E-state index is 4.88. The van der Waals surface area contributed by atoms with E-state index in [0.717, 1.165) is 39.1 Å². The fraction of sp³-hybridized carbons (Fsp3) is 0.0400. The molecule has 4 heteroatoms. The minimum absolute atomic E-state index is 0. The molecule has 2 heterocycles. The van der Waals surface area contributed by atoms with Crippen molar-refractivity contribution < 1.29 is 21.1 Å². The minimum Gasteiger partial charge on any atom is -0.237 e. The van der Waals surface area contributed by atoms with Crippen LogP contribution in [0.4, 0.5) is 0 Å². The molecule has 0 saturated heterocycles. The third-order valence-corrected chi connectivity index (χ3v) is 4.74. The molecule has 2 aromatic heterocycles. The molecular weight excluding hydrogens is 537 g/mol. The van der Waals surface area contributed by atoms with Crippen molar-refractivity contribution in [2.45, 2.75) is 6.42 Å². The van der Waals surface area contributed by atoms with E-state index >= 15 is 0 Å². The van der Waals surface area contributed by atoms with Crippen molar-refractivity contribution in [1.82, 2.24) is 14.8 Å². The van der Waals surface area contributed by atoms with Gasteiger partial charge in [-0.3, -0.25) is 0 Å². The predicted octanol–water partition coefficient (Wildman–Crippen LogP) is 5.28. The quantitative estimate of drug-likeness (QED) is 0.283. The van der Waals surface area contributed by atoms with E-state index in [1.54, 1.807) is 6.20 Å². The fourth-order valence-corrected chi connectivity index (χ4v) is 3.43. The molecule has 0 saturated carbocycles. The zero-order chi connectivity index (χ0) is 18.8. The molecule has 5 aromatic rings. The molecule has 0 radical (unpaired) electrons. The number of benzene rings is 3. The average molecular weight is 555 g/mol. The van der Waals surface area contributed by atoms with Crippen molar-refractivity contribution in [2.75, 3.05) is 0 Å². The summed E-state index contributed by atoms with van der Waals surface area (Å²) in [5.41, 5.74) is 5.28. The molecule has 3 nitrogen and oxygen atoms in total. The minimum atomic E-state index is 0. The van der Waals surface area contributed by atoms with Crippen molar-refractivity contribution in [1.29, 1.82) is 0 Å². The Labute approximate surface area is 184 Å². The van der Waals surface area contributed by atoms with Gasteiger partial charge in [-0.15, -0.1) is 17.7 Å². The summed E-state index contributed by atoms with van der Waals surface area (Å²) in [4.78, 5) is 4.46. The van der Waals surface area contributed by atoms with E-state index in [0.29, 0.717) is 6.42 Å². The first-order valence-corrected chi connectivity index (χ1v) is 9.25. The molecule has 0 spiro atoms. The van der Waals surface area contributed by atoms with Crippen LogP contribution in [0.3, 0.4) is 0 Å². The van der Waals surface area contributed by atoms with Gasteiger partial charge in [0, 0.05) is 11.6 Å². The van der Waals surface area contributed by atoms with Gasteiger partial charge in [-0.2, -0.15) is 47.6 Å². The smallest absolute Gasteiger partial charge is 0.237 e. The molecule has 3 aromatic carbocycles. The normalized spacial score (nSPS) is 10.6. The zero-order valence-electron chi connectivity index (χ0n) is 15.5. The third-order valence-electron chi connectivity index (χ3n) is 4.74. The van der Waals surface area contributed by atoms with E-state index in [9.17, 15) is 0 Å². The SMILES string of the molecule is [Pt+2].[c-]1ccccc1-c1[c-]c(Cc2nn(-c3ccccn3)c3ccccc23)ccc1. The Balaban J connectivity index is 0.00000205. The Hall–Kier alpha value is -3.03. The van der Waals surface area contributed by atoms with Gasteiger partial charge >= 0.3 is 21.1 Å². The summed E-state index contributed by atoms with van der Waals surface area (Å²) >= 11 is 0. The number of fused-ring (bicyclic) bond motifs is 1. The summed E-state index contributed by atoms with van der Waals surface area (Å²) in [6.45, 7) is 0. The number of pyridine rings is 1. The van der Waals surface area contributed by atoms with Gasteiger partial charge < -0.3 is 0 Å². The maximum atomic E-state index is 4.88. The Morgan fingerprint density at radius 1 is 0.793 bits per heavy atom. The van der Waals surface area contributed by atoms with Crippen LogP contribution in [-0.2, 0) is 27.5 Å². The Kier molecular flexibility index (Phi) is 5.69. The number of hydrogen-bond acceptors (Lipinski definition) is 2. The van der Waals surface area contributed by atoms with Crippen LogP contribution in [0.1, 0.15) is 11.3 Å². The van der Waals surface area contributed by atoms with Crippen LogP contribution >= 0.6 is 0 Å². The van der Waals surface area contributed by atoms with Gasteiger partial charge in [0.15, 0.2) is 5.82 Å². The van der Waals surface area contributed by atoms with Gasteiger partial charge in [-0.25, -0.2) is 20.8 Å². The summed E-state index contributed by atoms with van der Waals surface area (Å²) in [5, 5.41) is 6.02. The van der Waals surface area contributed by atoms with Crippen LogP contribution in [0.15, 0.2) is 91.1 Å². The molecule has 5 rings (SSSR count). The third kappa shape index (κ3) is 3.92. The first-order chi connectivity index (χ1) is 13.9. The molecule has 0 aliphatic carbocycles. The molecule has 0 N–H and O–H groups in total. The van der Waals surface area contributed by atoms with Crippen LogP contribution < -0.4 is 0 Å². The molecule has 0 aliphatic rings. The Morgan fingerprint density at radius 2 is 1.62 bits per heavy atom. The average Bonchev–Trinajstić information content (AvgIpc) is 3.14. The van der Waals surface area contributed by atoms with Gasteiger partial charge in [0.05, 0.1) is 11.2 Å². The molecule has 0 atom stereocenters. The second-order valence-electron chi connectivity index (χ2n) is 6.61. The number of para-hydroxylation sites is 1. The fourth-order valence-electron chi connectivity index (χ4n) is 3.43. The number of aromatic nitrogens is 3. The van der Waals surface area contributed by atoms with Crippen molar-refractivity contribution in [3.63, 3.8) is 0 Å². The predicted molar refractivity (Wildman–Crippen MR) is 111 cm³/mol. The zero-order valence-corrected chi connectivity index (χ0v) is 17.8. The topological polar surface area (TPSA) is 30.7 Å². The Morgan fingerprint density at radius 3 is 2.45 bits per heavy atom. The Bertz CT molecular complexity index is 1230. The summed E-state index contributed by atoms with van der Waals surface area (Å²) in [7, 11) is 0. The van der Waals surface area contributed by atoms with Crippen molar-refractivity contribution >= 4 is 10.9 Å². The molecular formula is C25H17N3Pt. The first-order valence-electron chi connectivity index (χ1n) is 9.25. The molecule has 0 amide bonds. The summed E-state index contributed by atoms with van der Waals surface area (Å²) < 4.78 is 1.92. The van der Waals surface area contributed by atoms with Crippen molar-refractivity contribution in [3.05, 3.63) is 115 Å². The van der Waals surface area contributed by atoms with E-state index in [1.165, 1.54) is 0 Å². The van der Waals surface area contributed by atoms with Crippen LogP contribution in [0.25, 0.3) is 27.8 Å². The van der Waals surface area contributed by atoms with Crippen molar-refractivity contribution in [2.24, 2.45) is 0 Å². The number of nitrogens with zero attached hydrogens (tertiary/aromatic N) is 3. The second kappa shape index (κ2) is 8.55. The van der Waals surface area contributed by atoms with Gasteiger partial charge in [-0.1, -0.05) is 24.3 Å². The van der Waals surface area contributed by atoms with E-state index in [2.05, 4.69) is 59.6 Å². The van der Waals surface area contributed by atoms with Crippen LogP contribution in [0.5, 0.6) is 0 Å². The summed E-state index contributed by atoms with van der Waals surface area (Å²) in [6, 6.07) is 35.2. The molecule has 0 fully saturated rings. The summed E-state index contributed by atoms with van der Waals surface area (Å²) in [5.74, 6) is 0.821. The van der Waals surface area contributed by atoms with Gasteiger partial charge in [0.25, 0.3) is 0 Å². The van der Waals surface area contributed by atoms with Crippen molar-refractivity contribution in [3.8, 4) is 16.9 Å². The van der Waals surface area contributed by atoms with Gasteiger partial charge in [0.1, 0.15) is 0 Å². The molecule has 0 aliphatic heterocycles. The van der Waals surface area contributed by atoms with E-state index in [4.69, 9.17) is 5.10 Å². The standard InChI is InChI=1S/C25H17N3.Pt/c1-2-10-20(11-3-1)21-12-8-9-19(17-21)18-23-22-13-4-5-14-24(22)28(27-23)25-15-6-7-16-26-25;/h1-10,12-16H,18H2;/q-2;+2. The maximum Gasteiger partial charge on any atom is 2.00 e.